The molecule has 1 amide bonds. The monoisotopic (exact) mass is 880 g/mol. The maximum atomic E-state index is 11.5. The lowest BCUT2D eigenvalue weighted by Gasteiger charge is -2.19. The smallest absolute Gasteiger partial charge is 0.407 e. The van der Waals surface area contributed by atoms with Gasteiger partial charge in [0.1, 0.15) is 12.2 Å². The lowest BCUT2D eigenvalue weighted by atomic mass is 10.2. The van der Waals surface area contributed by atoms with Crippen LogP contribution in [0.1, 0.15) is 20.8 Å². The topological polar surface area (TPSA) is 223 Å². The molecule has 0 aromatic heterocycles. The van der Waals surface area contributed by atoms with E-state index in [0.717, 1.165) is 0 Å². The van der Waals surface area contributed by atoms with Gasteiger partial charge in [-0.25, -0.2) is 9.59 Å². The summed E-state index contributed by atoms with van der Waals surface area (Å²) in [6.07, 6.45) is -0.458. The van der Waals surface area contributed by atoms with Gasteiger partial charge in [0.2, 0.25) is 0 Å². The van der Waals surface area contributed by atoms with Gasteiger partial charge in [-0.3, -0.25) is 0 Å². The van der Waals surface area contributed by atoms with Crippen molar-refractivity contribution in [3.63, 3.8) is 0 Å². The van der Waals surface area contributed by atoms with Gasteiger partial charge >= 0.3 is 12.1 Å². The summed E-state index contributed by atoms with van der Waals surface area (Å²) in [6.45, 7) is 19.5. The van der Waals surface area contributed by atoms with E-state index < -0.39 is 17.7 Å². The van der Waals surface area contributed by atoms with Crippen LogP contribution in [-0.2, 0) is 85.3 Å². The van der Waals surface area contributed by atoms with Crippen LogP contribution in [-0.4, -0.2) is 241 Å². The van der Waals surface area contributed by atoms with Crippen molar-refractivity contribution in [2.75, 3.05) is 218 Å². The van der Waals surface area contributed by atoms with E-state index in [-0.39, 0.29) is 13.2 Å². The Hall–Kier alpha value is -1.90. The molecule has 0 bridgehead atoms. The van der Waals surface area contributed by atoms with Crippen molar-refractivity contribution in [2.45, 2.75) is 26.4 Å². The highest BCUT2D eigenvalue weighted by atomic mass is 16.6. The van der Waals surface area contributed by atoms with Crippen molar-refractivity contribution in [1.82, 2.24) is 5.32 Å². The molecule has 60 heavy (non-hydrogen) atoms. The summed E-state index contributed by atoms with van der Waals surface area (Å²) in [7, 11) is 0. The number of aliphatic carboxylic acids is 1. The SMILES string of the molecule is CC(C)(C)OC(=O)NCCOCCOCCOCCOCCOCCOCCOCCOCCOCCOCCOCCOCCOCCOCCOCCOCC(=O)O. The molecule has 0 unspecified atom stereocenters. The standard InChI is InChI=1S/C39H77NO20/c1-39(2,3)60-38(43)40-4-5-44-6-7-45-8-9-46-10-11-47-12-13-48-14-15-49-16-17-50-18-19-51-20-21-52-22-23-53-24-25-54-26-27-55-28-29-56-30-31-57-32-33-58-34-35-59-36-37(41)42/h4-36H2,1-3H3,(H,40,43)(H,41,42). The molecule has 0 radical (unpaired) electrons. The zero-order chi connectivity index (χ0) is 43.7. The Morgan fingerprint density at radius 2 is 0.517 bits per heavy atom. The van der Waals surface area contributed by atoms with Gasteiger partial charge in [0, 0.05) is 6.54 Å². The van der Waals surface area contributed by atoms with Crippen molar-refractivity contribution in [3.05, 3.63) is 0 Å². The summed E-state index contributed by atoms with van der Waals surface area (Å²) < 4.78 is 91.7. The first-order chi connectivity index (χ1) is 29.3. The first kappa shape index (κ1) is 58.1. The van der Waals surface area contributed by atoms with Crippen LogP contribution in [0.4, 0.5) is 4.79 Å². The number of hydrogen-bond acceptors (Lipinski definition) is 19. The molecule has 0 atom stereocenters. The van der Waals surface area contributed by atoms with Gasteiger partial charge in [-0.2, -0.15) is 0 Å². The van der Waals surface area contributed by atoms with Gasteiger partial charge in [-0.05, 0) is 20.8 Å². The molecule has 21 nitrogen and oxygen atoms in total. The molecule has 0 saturated carbocycles. The summed E-state index contributed by atoms with van der Waals surface area (Å²) in [5.74, 6) is -1.00. The molecule has 0 saturated heterocycles. The fourth-order valence-corrected chi connectivity index (χ4v) is 4.00. The summed E-state index contributed by atoms with van der Waals surface area (Å²) in [6, 6.07) is 0. The molecular formula is C39H77NO20. The van der Waals surface area contributed by atoms with Gasteiger partial charge in [-0.1, -0.05) is 0 Å². The first-order valence-corrected chi connectivity index (χ1v) is 20.7. The third kappa shape index (κ3) is 54.1. The minimum Gasteiger partial charge on any atom is -0.480 e. The fraction of sp³-hybridized carbons (Fsp3) is 0.949. The van der Waals surface area contributed by atoms with Gasteiger partial charge in [0.15, 0.2) is 0 Å². The van der Waals surface area contributed by atoms with E-state index >= 15 is 0 Å². The van der Waals surface area contributed by atoms with Crippen LogP contribution >= 0.6 is 0 Å². The highest BCUT2D eigenvalue weighted by Crippen LogP contribution is 2.06. The van der Waals surface area contributed by atoms with E-state index in [1.54, 1.807) is 0 Å². The maximum Gasteiger partial charge on any atom is 0.407 e. The lowest BCUT2D eigenvalue weighted by Crippen LogP contribution is -2.34. The molecule has 21 heteroatoms. The second-order valence-corrected chi connectivity index (χ2v) is 13.1. The number of carbonyl (C=O) groups is 2. The predicted molar refractivity (Wildman–Crippen MR) is 215 cm³/mol. The van der Waals surface area contributed by atoms with Crippen LogP contribution in [0.2, 0.25) is 0 Å². The summed E-state index contributed by atoms with van der Waals surface area (Å²) in [5.41, 5.74) is -0.519. The number of amides is 1. The van der Waals surface area contributed by atoms with E-state index in [0.29, 0.717) is 205 Å². The Labute approximate surface area is 356 Å². The van der Waals surface area contributed by atoms with Gasteiger partial charge in [0.05, 0.1) is 205 Å². The highest BCUT2D eigenvalue weighted by Gasteiger charge is 2.15. The van der Waals surface area contributed by atoms with E-state index in [1.807, 2.05) is 20.8 Å². The molecule has 0 rings (SSSR count). The quantitative estimate of drug-likeness (QED) is 0.0809. The zero-order valence-corrected chi connectivity index (χ0v) is 36.5. The lowest BCUT2D eigenvalue weighted by molar-refractivity contribution is -0.142. The van der Waals surface area contributed by atoms with Gasteiger partial charge < -0.3 is 90.9 Å². The van der Waals surface area contributed by atoms with E-state index in [1.165, 1.54) is 0 Å². The van der Waals surface area contributed by atoms with Gasteiger partial charge in [0.25, 0.3) is 0 Å². The number of ether oxygens (including phenoxy) is 17. The first-order valence-electron chi connectivity index (χ1n) is 20.7. The molecule has 0 aliphatic carbocycles. The van der Waals surface area contributed by atoms with Crippen LogP contribution in [0.15, 0.2) is 0 Å². The van der Waals surface area contributed by atoms with Crippen LogP contribution in [0, 0.1) is 0 Å². The van der Waals surface area contributed by atoms with E-state index in [9.17, 15) is 9.59 Å². The Kier molecular flexibility index (Phi) is 46.6. The third-order valence-corrected chi connectivity index (χ3v) is 6.72. The number of alkyl carbamates (subject to hydrolysis) is 1. The minimum atomic E-state index is -1.00. The summed E-state index contributed by atoms with van der Waals surface area (Å²) in [5, 5.41) is 11.1. The van der Waals surface area contributed by atoms with E-state index in [4.69, 9.17) is 85.6 Å². The van der Waals surface area contributed by atoms with Crippen molar-refractivity contribution in [1.29, 1.82) is 0 Å². The highest BCUT2D eigenvalue weighted by molar-refractivity contribution is 5.68. The maximum absolute atomic E-state index is 11.5. The Morgan fingerprint density at radius 1 is 0.333 bits per heavy atom. The summed E-state index contributed by atoms with van der Waals surface area (Å²) >= 11 is 0. The van der Waals surface area contributed by atoms with Gasteiger partial charge in [-0.15, -0.1) is 0 Å². The van der Waals surface area contributed by atoms with Crippen molar-refractivity contribution in [2.24, 2.45) is 0 Å². The predicted octanol–water partition coefficient (Wildman–Crippen LogP) is 0.861. The largest absolute Gasteiger partial charge is 0.480 e. The number of carboxylic acids is 1. The molecule has 0 aromatic carbocycles. The molecule has 0 fully saturated rings. The molecule has 0 aromatic rings. The van der Waals surface area contributed by atoms with Crippen LogP contribution in [0.5, 0.6) is 0 Å². The van der Waals surface area contributed by atoms with Crippen LogP contribution in [0.25, 0.3) is 0 Å². The van der Waals surface area contributed by atoms with E-state index in [2.05, 4.69) is 5.32 Å². The normalized spacial score (nSPS) is 11.7. The van der Waals surface area contributed by atoms with Crippen molar-refractivity contribution < 1.29 is 95.2 Å². The second kappa shape index (κ2) is 48.1. The number of hydrogen-bond donors (Lipinski definition) is 2. The molecule has 358 valence electrons. The Bertz CT molecular complexity index is 887. The molecule has 0 spiro atoms. The number of carbonyl (C=O) groups excluding carboxylic acids is 1. The van der Waals surface area contributed by atoms with Crippen LogP contribution < -0.4 is 5.32 Å². The third-order valence-electron chi connectivity index (χ3n) is 6.72. The second-order valence-electron chi connectivity index (χ2n) is 13.1. The molecule has 0 heterocycles. The summed E-state index contributed by atoms with van der Waals surface area (Å²) in [4.78, 5) is 21.8. The number of nitrogens with one attached hydrogen (secondary N) is 1. The Morgan fingerprint density at radius 3 is 0.700 bits per heavy atom. The molecule has 0 aliphatic heterocycles. The van der Waals surface area contributed by atoms with Crippen molar-refractivity contribution >= 4 is 12.1 Å². The fourth-order valence-electron chi connectivity index (χ4n) is 4.00. The van der Waals surface area contributed by atoms with Crippen LogP contribution in [0.3, 0.4) is 0 Å². The molecular weight excluding hydrogens is 802 g/mol. The minimum absolute atomic E-state index is 0.234. The number of carboxylic acid groups (broad SMARTS) is 1. The molecule has 2 N–H and O–H groups in total. The average molecular weight is 880 g/mol. The molecule has 0 aliphatic rings. The number of rotatable bonds is 50. The average Bonchev–Trinajstić information content (AvgIpc) is 3.20. The Balaban J connectivity index is 3.10. The van der Waals surface area contributed by atoms with Crippen molar-refractivity contribution in [3.8, 4) is 0 Å². The zero-order valence-electron chi connectivity index (χ0n) is 36.5.